The Bertz CT molecular complexity index is 963. The molecule has 1 amide bonds. The zero-order valence-electron chi connectivity index (χ0n) is 16.5. The Balaban J connectivity index is 1.70. The maximum Gasteiger partial charge on any atom is 0.243 e. The van der Waals surface area contributed by atoms with Crippen LogP contribution in [0.15, 0.2) is 53.4 Å². The fourth-order valence-electron chi connectivity index (χ4n) is 3.56. The van der Waals surface area contributed by atoms with Gasteiger partial charge in [-0.2, -0.15) is 4.31 Å². The molecule has 0 radical (unpaired) electrons. The highest BCUT2D eigenvalue weighted by molar-refractivity contribution is 7.89. The summed E-state index contributed by atoms with van der Waals surface area (Å²) < 4.78 is 45.5. The number of carbonyl (C=O) groups is 1. The Hall–Kier alpha value is -2.45. The van der Waals surface area contributed by atoms with Crippen molar-refractivity contribution in [3.63, 3.8) is 0 Å². The van der Waals surface area contributed by atoms with Crippen molar-refractivity contribution in [2.24, 2.45) is 5.92 Å². The lowest BCUT2D eigenvalue weighted by Crippen LogP contribution is -2.45. The smallest absolute Gasteiger partial charge is 0.243 e. The van der Waals surface area contributed by atoms with Crippen molar-refractivity contribution in [2.45, 2.75) is 30.7 Å². The molecule has 0 spiro atoms. The molecule has 2 aromatic rings. The normalized spacial score (nSPS) is 18.8. The highest BCUT2D eigenvalue weighted by Gasteiger charge is 2.33. The second-order valence-corrected chi connectivity index (χ2v) is 9.07. The molecule has 1 heterocycles. The van der Waals surface area contributed by atoms with Gasteiger partial charge in [-0.25, -0.2) is 12.8 Å². The fourth-order valence-corrected chi connectivity index (χ4v) is 5.09. The van der Waals surface area contributed by atoms with E-state index in [1.807, 2.05) is 31.2 Å². The molecule has 1 saturated heterocycles. The molecular formula is C21H25FN2O4S. The van der Waals surface area contributed by atoms with E-state index in [1.54, 1.807) is 7.11 Å². The summed E-state index contributed by atoms with van der Waals surface area (Å²) in [6.45, 7) is 2.31. The second-order valence-electron chi connectivity index (χ2n) is 7.13. The number of sulfonamides is 1. The maximum absolute atomic E-state index is 13.1. The van der Waals surface area contributed by atoms with Gasteiger partial charge in [-0.15, -0.1) is 0 Å². The Morgan fingerprint density at radius 1 is 1.21 bits per heavy atom. The molecule has 2 atom stereocenters. The SMILES string of the molecule is COc1ccccc1[C@H](C)NC(=O)[C@H]1CCCN(S(=O)(=O)c2ccc(F)cc2)C1. The van der Waals surface area contributed by atoms with Gasteiger partial charge >= 0.3 is 0 Å². The average molecular weight is 421 g/mol. The lowest BCUT2D eigenvalue weighted by atomic mass is 9.97. The van der Waals surface area contributed by atoms with Crippen LogP contribution in [0.4, 0.5) is 4.39 Å². The Kier molecular flexibility index (Phi) is 6.54. The molecular weight excluding hydrogens is 395 g/mol. The topological polar surface area (TPSA) is 75.7 Å². The van der Waals surface area contributed by atoms with Crippen molar-refractivity contribution in [3.05, 3.63) is 59.9 Å². The number of piperidine rings is 1. The third-order valence-electron chi connectivity index (χ3n) is 5.17. The first-order valence-electron chi connectivity index (χ1n) is 9.52. The highest BCUT2D eigenvalue weighted by Crippen LogP contribution is 2.27. The van der Waals surface area contributed by atoms with E-state index in [0.717, 1.165) is 17.7 Å². The predicted octanol–water partition coefficient (Wildman–Crippen LogP) is 3.11. The fraction of sp³-hybridized carbons (Fsp3) is 0.381. The number of amides is 1. The standard InChI is InChI=1S/C21H25FN2O4S/c1-15(19-7-3-4-8-20(19)28-2)23-21(25)16-6-5-13-24(14-16)29(26,27)18-11-9-17(22)10-12-18/h3-4,7-12,15-16H,5-6,13-14H2,1-2H3,(H,23,25)/t15-,16-/m0/s1. The summed E-state index contributed by atoms with van der Waals surface area (Å²) in [5, 5.41) is 2.97. The third kappa shape index (κ3) is 4.76. The minimum atomic E-state index is -3.77. The molecule has 1 aliphatic rings. The number of methoxy groups -OCH3 is 1. The van der Waals surface area contributed by atoms with Crippen molar-refractivity contribution < 1.29 is 22.3 Å². The molecule has 1 N–H and O–H groups in total. The van der Waals surface area contributed by atoms with Crippen LogP contribution in [0.3, 0.4) is 0 Å². The summed E-state index contributed by atoms with van der Waals surface area (Å²) in [5.74, 6) is -0.451. The maximum atomic E-state index is 13.1. The number of nitrogens with one attached hydrogen (secondary N) is 1. The summed E-state index contributed by atoms with van der Waals surface area (Å²) in [5.41, 5.74) is 0.856. The molecule has 1 fully saturated rings. The average Bonchev–Trinajstić information content (AvgIpc) is 2.74. The second kappa shape index (κ2) is 8.92. The number of hydrogen-bond acceptors (Lipinski definition) is 4. The van der Waals surface area contributed by atoms with Crippen LogP contribution in [-0.2, 0) is 14.8 Å². The number of halogens is 1. The predicted molar refractivity (Wildman–Crippen MR) is 107 cm³/mol. The number of ether oxygens (including phenoxy) is 1. The van der Waals surface area contributed by atoms with Gasteiger partial charge in [0.25, 0.3) is 0 Å². The lowest BCUT2D eigenvalue weighted by molar-refractivity contribution is -0.126. The van der Waals surface area contributed by atoms with E-state index in [9.17, 15) is 17.6 Å². The number of para-hydroxylation sites is 1. The number of carbonyl (C=O) groups excluding carboxylic acids is 1. The summed E-state index contributed by atoms with van der Waals surface area (Å²) in [4.78, 5) is 12.8. The monoisotopic (exact) mass is 420 g/mol. The van der Waals surface area contributed by atoms with Gasteiger partial charge in [-0.3, -0.25) is 4.79 Å². The van der Waals surface area contributed by atoms with Crippen molar-refractivity contribution >= 4 is 15.9 Å². The molecule has 2 aromatic carbocycles. The first-order valence-corrected chi connectivity index (χ1v) is 11.0. The van der Waals surface area contributed by atoms with Crippen LogP contribution < -0.4 is 10.1 Å². The zero-order valence-corrected chi connectivity index (χ0v) is 17.3. The summed E-state index contributed by atoms with van der Waals surface area (Å²) in [6.07, 6.45) is 1.20. The van der Waals surface area contributed by atoms with Gasteiger partial charge < -0.3 is 10.1 Å². The lowest BCUT2D eigenvalue weighted by Gasteiger charge is -2.32. The van der Waals surface area contributed by atoms with Crippen LogP contribution in [0.1, 0.15) is 31.4 Å². The Morgan fingerprint density at radius 2 is 1.90 bits per heavy atom. The van der Waals surface area contributed by atoms with E-state index in [-0.39, 0.29) is 23.4 Å². The van der Waals surface area contributed by atoms with Gasteiger partial charge in [-0.05, 0) is 50.1 Å². The molecule has 0 aromatic heterocycles. The quantitative estimate of drug-likeness (QED) is 0.779. The number of benzene rings is 2. The zero-order chi connectivity index (χ0) is 21.0. The first kappa shape index (κ1) is 21.3. The van der Waals surface area contributed by atoms with Crippen molar-refractivity contribution in [1.82, 2.24) is 9.62 Å². The molecule has 6 nitrogen and oxygen atoms in total. The number of rotatable bonds is 6. The van der Waals surface area contributed by atoms with Crippen molar-refractivity contribution in [2.75, 3.05) is 20.2 Å². The van der Waals surface area contributed by atoms with E-state index >= 15 is 0 Å². The highest BCUT2D eigenvalue weighted by atomic mass is 32.2. The van der Waals surface area contributed by atoms with E-state index < -0.39 is 21.8 Å². The third-order valence-corrected chi connectivity index (χ3v) is 7.05. The van der Waals surface area contributed by atoms with E-state index in [0.29, 0.717) is 25.1 Å². The van der Waals surface area contributed by atoms with Crippen LogP contribution >= 0.6 is 0 Å². The summed E-state index contributed by atoms with van der Waals surface area (Å²) in [6, 6.07) is 11.9. The molecule has 0 saturated carbocycles. The van der Waals surface area contributed by atoms with Gasteiger partial charge in [0.2, 0.25) is 15.9 Å². The summed E-state index contributed by atoms with van der Waals surface area (Å²) >= 11 is 0. The largest absolute Gasteiger partial charge is 0.496 e. The minimum absolute atomic E-state index is 0.0300. The van der Waals surface area contributed by atoms with E-state index in [4.69, 9.17) is 4.74 Å². The van der Waals surface area contributed by atoms with Crippen LogP contribution in [0.2, 0.25) is 0 Å². The molecule has 3 rings (SSSR count). The molecule has 0 unspecified atom stereocenters. The first-order chi connectivity index (χ1) is 13.8. The summed E-state index contributed by atoms with van der Waals surface area (Å²) in [7, 11) is -2.19. The van der Waals surface area contributed by atoms with Crippen LogP contribution in [0.25, 0.3) is 0 Å². The van der Waals surface area contributed by atoms with Crippen LogP contribution in [0.5, 0.6) is 5.75 Å². The molecule has 1 aliphatic heterocycles. The molecule has 8 heteroatoms. The van der Waals surface area contributed by atoms with Gasteiger partial charge in [-0.1, -0.05) is 18.2 Å². The molecule has 156 valence electrons. The number of hydrogen-bond donors (Lipinski definition) is 1. The minimum Gasteiger partial charge on any atom is -0.496 e. The molecule has 0 bridgehead atoms. The van der Waals surface area contributed by atoms with Gasteiger partial charge in [0.1, 0.15) is 11.6 Å². The molecule has 0 aliphatic carbocycles. The van der Waals surface area contributed by atoms with E-state index in [1.165, 1.54) is 16.4 Å². The Labute approximate surface area is 170 Å². The van der Waals surface area contributed by atoms with Gasteiger partial charge in [0.15, 0.2) is 0 Å². The van der Waals surface area contributed by atoms with Crippen LogP contribution in [0, 0.1) is 11.7 Å². The Morgan fingerprint density at radius 3 is 2.59 bits per heavy atom. The van der Waals surface area contributed by atoms with Gasteiger partial charge in [0, 0.05) is 18.7 Å². The van der Waals surface area contributed by atoms with Crippen molar-refractivity contribution in [1.29, 1.82) is 0 Å². The van der Waals surface area contributed by atoms with Crippen molar-refractivity contribution in [3.8, 4) is 5.75 Å². The molecule has 29 heavy (non-hydrogen) atoms. The van der Waals surface area contributed by atoms with E-state index in [2.05, 4.69) is 5.32 Å². The van der Waals surface area contributed by atoms with Gasteiger partial charge in [0.05, 0.1) is 24.0 Å². The van der Waals surface area contributed by atoms with Crippen LogP contribution in [-0.4, -0.2) is 38.8 Å². The number of nitrogens with zero attached hydrogens (tertiary/aromatic N) is 1.